The molecule has 0 radical (unpaired) electrons. The topological polar surface area (TPSA) is 83.6 Å². The van der Waals surface area contributed by atoms with Gasteiger partial charge in [-0.05, 0) is 36.0 Å². The van der Waals surface area contributed by atoms with Gasteiger partial charge in [-0.15, -0.1) is 0 Å². The molecule has 0 bridgehead atoms. The summed E-state index contributed by atoms with van der Waals surface area (Å²) in [5.74, 6) is -0.307. The molecule has 1 N–H and O–H groups in total. The van der Waals surface area contributed by atoms with Crippen LogP contribution in [-0.4, -0.2) is 34.4 Å². The van der Waals surface area contributed by atoms with Gasteiger partial charge in [-0.1, -0.05) is 26.0 Å². The third kappa shape index (κ3) is 3.69. The Kier molecular flexibility index (Phi) is 5.20. The molecule has 1 saturated heterocycles. The smallest absolute Gasteiger partial charge is 0.255 e. The largest absolute Gasteiger partial charge is 0.322 e. The highest BCUT2D eigenvalue weighted by atomic mass is 16.2. The molecule has 1 unspecified atom stereocenters. The number of carbonyl (C=O) groups excluding carboxylic acids is 4. The molecule has 0 saturated carbocycles. The number of carbonyl (C=O) groups is 4. The molecule has 1 atom stereocenters. The van der Waals surface area contributed by atoms with E-state index in [9.17, 15) is 19.2 Å². The van der Waals surface area contributed by atoms with E-state index in [1.54, 1.807) is 11.0 Å². The van der Waals surface area contributed by atoms with Crippen molar-refractivity contribution >= 4 is 23.5 Å². The summed E-state index contributed by atoms with van der Waals surface area (Å²) in [5.41, 5.74) is 2.49. The molecule has 6 heteroatoms. The van der Waals surface area contributed by atoms with Crippen molar-refractivity contribution in [3.63, 3.8) is 0 Å². The average Bonchev–Trinajstić information content (AvgIpc) is 2.90. The first-order valence-corrected chi connectivity index (χ1v) is 9.14. The first-order chi connectivity index (χ1) is 12.4. The van der Waals surface area contributed by atoms with E-state index in [0.717, 1.165) is 11.1 Å². The summed E-state index contributed by atoms with van der Waals surface area (Å²) in [4.78, 5) is 49.8. The van der Waals surface area contributed by atoms with Crippen molar-refractivity contribution in [3.8, 4) is 0 Å². The number of hydrogen-bond acceptors (Lipinski definition) is 4. The maximum absolute atomic E-state index is 12.8. The summed E-state index contributed by atoms with van der Waals surface area (Å²) in [6, 6.07) is 4.93. The van der Waals surface area contributed by atoms with Crippen LogP contribution in [0.5, 0.6) is 0 Å². The van der Waals surface area contributed by atoms with Crippen LogP contribution < -0.4 is 5.32 Å². The van der Waals surface area contributed by atoms with Crippen LogP contribution in [-0.2, 0) is 27.3 Å². The normalized spacial score (nSPS) is 19.7. The van der Waals surface area contributed by atoms with E-state index >= 15 is 0 Å². The third-order valence-corrected chi connectivity index (χ3v) is 4.99. The predicted molar refractivity (Wildman–Crippen MR) is 95.3 cm³/mol. The first-order valence-electron chi connectivity index (χ1n) is 9.14. The average molecular weight is 356 g/mol. The number of rotatable bonds is 6. The van der Waals surface area contributed by atoms with Crippen molar-refractivity contribution in [1.82, 2.24) is 10.2 Å². The molecule has 1 aromatic rings. The highest BCUT2D eigenvalue weighted by Gasteiger charge is 2.39. The predicted octanol–water partition coefficient (Wildman–Crippen LogP) is 2.00. The molecule has 1 aromatic carbocycles. The first kappa shape index (κ1) is 18.3. The molecule has 3 amide bonds. The molecule has 138 valence electrons. The van der Waals surface area contributed by atoms with Crippen LogP contribution in [0.1, 0.15) is 61.0 Å². The number of hydrogen-bond donors (Lipinski definition) is 1. The summed E-state index contributed by atoms with van der Waals surface area (Å²) < 4.78 is 0. The van der Waals surface area contributed by atoms with Crippen molar-refractivity contribution in [2.75, 3.05) is 0 Å². The number of piperidine rings is 1. The summed E-state index contributed by atoms with van der Waals surface area (Å²) in [6.45, 7) is 4.40. The second kappa shape index (κ2) is 7.40. The number of fused-ring (bicyclic) bond motifs is 1. The van der Waals surface area contributed by atoms with E-state index in [1.165, 1.54) is 0 Å². The van der Waals surface area contributed by atoms with Crippen LogP contribution in [0.2, 0.25) is 0 Å². The van der Waals surface area contributed by atoms with Crippen LogP contribution in [0.25, 0.3) is 0 Å². The number of Topliss-reactive ketones (excluding diaryl/α,β-unsaturated/α-hetero) is 1. The minimum Gasteiger partial charge on any atom is -0.322 e. The van der Waals surface area contributed by atoms with Crippen molar-refractivity contribution in [1.29, 1.82) is 0 Å². The van der Waals surface area contributed by atoms with Gasteiger partial charge in [0.1, 0.15) is 11.8 Å². The Bertz CT molecular complexity index is 769. The number of ketones is 1. The lowest BCUT2D eigenvalue weighted by molar-refractivity contribution is -0.137. The Hall–Kier alpha value is -2.50. The Morgan fingerprint density at radius 2 is 2.04 bits per heavy atom. The number of aryl methyl sites for hydroxylation is 1. The van der Waals surface area contributed by atoms with E-state index in [2.05, 4.69) is 5.32 Å². The van der Waals surface area contributed by atoms with Crippen LogP contribution in [0, 0.1) is 5.92 Å². The molecule has 1 fully saturated rings. The second-order valence-electron chi connectivity index (χ2n) is 7.48. The zero-order chi connectivity index (χ0) is 18.8. The van der Waals surface area contributed by atoms with Crippen LogP contribution in [0.15, 0.2) is 18.2 Å². The SMILES string of the molecule is CC(C)CC(=O)CCc1cccc2c1CN(C1CCC(=O)NC1=O)C2=O. The summed E-state index contributed by atoms with van der Waals surface area (Å²) in [6.07, 6.45) is 2.22. The fraction of sp³-hybridized carbons (Fsp3) is 0.500. The number of nitrogens with zero attached hydrogens (tertiary/aromatic N) is 1. The minimum absolute atomic E-state index is 0.176. The van der Waals surface area contributed by atoms with Gasteiger partial charge in [0.15, 0.2) is 0 Å². The second-order valence-corrected chi connectivity index (χ2v) is 7.48. The van der Waals surface area contributed by atoms with E-state index in [4.69, 9.17) is 0 Å². The highest BCUT2D eigenvalue weighted by Crippen LogP contribution is 2.30. The highest BCUT2D eigenvalue weighted by molar-refractivity contribution is 6.05. The van der Waals surface area contributed by atoms with Gasteiger partial charge in [-0.25, -0.2) is 0 Å². The molecule has 2 heterocycles. The zero-order valence-corrected chi connectivity index (χ0v) is 15.2. The lowest BCUT2D eigenvalue weighted by Gasteiger charge is -2.29. The van der Waals surface area contributed by atoms with Gasteiger partial charge in [0.2, 0.25) is 11.8 Å². The van der Waals surface area contributed by atoms with E-state index in [0.29, 0.717) is 43.7 Å². The molecule has 6 nitrogen and oxygen atoms in total. The lowest BCUT2D eigenvalue weighted by atomic mass is 9.96. The fourth-order valence-corrected chi connectivity index (χ4v) is 3.72. The van der Waals surface area contributed by atoms with E-state index in [-0.39, 0.29) is 24.0 Å². The molecule has 0 spiro atoms. The number of benzene rings is 1. The fourth-order valence-electron chi connectivity index (χ4n) is 3.72. The molecule has 2 aliphatic heterocycles. The summed E-state index contributed by atoms with van der Waals surface area (Å²) in [5, 5.41) is 2.31. The van der Waals surface area contributed by atoms with Gasteiger partial charge in [0.05, 0.1) is 0 Å². The Labute approximate surface area is 152 Å². The van der Waals surface area contributed by atoms with Gasteiger partial charge in [0.25, 0.3) is 5.91 Å². The van der Waals surface area contributed by atoms with Crippen molar-refractivity contribution in [2.24, 2.45) is 5.92 Å². The molecule has 0 aliphatic carbocycles. The third-order valence-electron chi connectivity index (χ3n) is 4.99. The van der Waals surface area contributed by atoms with Crippen LogP contribution in [0.3, 0.4) is 0 Å². The van der Waals surface area contributed by atoms with Gasteiger partial charge < -0.3 is 4.90 Å². The number of imide groups is 1. The van der Waals surface area contributed by atoms with Crippen molar-refractivity contribution in [2.45, 2.75) is 58.5 Å². The molecular formula is C20H24N2O4. The van der Waals surface area contributed by atoms with Gasteiger partial charge in [0, 0.05) is 31.4 Å². The van der Waals surface area contributed by atoms with E-state index in [1.807, 2.05) is 26.0 Å². The Morgan fingerprint density at radius 1 is 1.27 bits per heavy atom. The van der Waals surface area contributed by atoms with Crippen molar-refractivity contribution in [3.05, 3.63) is 34.9 Å². The van der Waals surface area contributed by atoms with Gasteiger partial charge in [-0.3, -0.25) is 24.5 Å². The maximum atomic E-state index is 12.8. The monoisotopic (exact) mass is 356 g/mol. The van der Waals surface area contributed by atoms with Gasteiger partial charge in [-0.2, -0.15) is 0 Å². The summed E-state index contributed by atoms with van der Waals surface area (Å²) >= 11 is 0. The molecule has 2 aliphatic rings. The lowest BCUT2D eigenvalue weighted by Crippen LogP contribution is -2.52. The molecule has 3 rings (SSSR count). The van der Waals surface area contributed by atoms with Crippen LogP contribution in [0.4, 0.5) is 0 Å². The zero-order valence-electron chi connectivity index (χ0n) is 15.2. The molecule has 26 heavy (non-hydrogen) atoms. The molecule has 0 aromatic heterocycles. The van der Waals surface area contributed by atoms with Crippen molar-refractivity contribution < 1.29 is 19.2 Å². The van der Waals surface area contributed by atoms with E-state index < -0.39 is 11.9 Å². The maximum Gasteiger partial charge on any atom is 0.255 e. The number of nitrogens with one attached hydrogen (secondary N) is 1. The Morgan fingerprint density at radius 3 is 2.73 bits per heavy atom. The standard InChI is InChI=1S/C20H24N2O4/c1-12(2)10-14(23)7-6-13-4-3-5-15-16(13)11-22(20(15)26)17-8-9-18(24)21-19(17)25/h3-5,12,17H,6-11H2,1-2H3,(H,21,24,25). The minimum atomic E-state index is -0.608. The summed E-state index contributed by atoms with van der Waals surface area (Å²) in [7, 11) is 0. The van der Waals surface area contributed by atoms with Gasteiger partial charge >= 0.3 is 0 Å². The quantitative estimate of drug-likeness (QED) is 0.790. The molecular weight excluding hydrogens is 332 g/mol. The van der Waals surface area contributed by atoms with Crippen LogP contribution >= 0.6 is 0 Å². The number of amides is 3. The Balaban J connectivity index is 1.74.